The molecule has 0 spiro atoms. The minimum atomic E-state index is 0.711. The van der Waals surface area contributed by atoms with Gasteiger partial charge in [0.05, 0.1) is 0 Å². The standard InChI is InChI=1S/C15H28/c1-11(2)13-7-9-15(4)8-5-6-12(3)14(15)10-13/h11-14H,5-10H2,1-4H3. The Labute approximate surface area is 95.8 Å². The zero-order valence-corrected chi connectivity index (χ0v) is 11.1. The van der Waals surface area contributed by atoms with Gasteiger partial charge in [0.25, 0.3) is 0 Å². The maximum atomic E-state index is 2.57. The minimum absolute atomic E-state index is 0.711. The predicted octanol–water partition coefficient (Wildman–Crippen LogP) is 4.89. The van der Waals surface area contributed by atoms with E-state index in [-0.39, 0.29) is 0 Å². The highest BCUT2D eigenvalue weighted by Gasteiger charge is 2.44. The molecule has 4 atom stereocenters. The molecular formula is C15H28. The Hall–Kier alpha value is 0. The summed E-state index contributed by atoms with van der Waals surface area (Å²) in [6.07, 6.45) is 9.01. The topological polar surface area (TPSA) is 0 Å². The molecule has 0 aromatic rings. The van der Waals surface area contributed by atoms with E-state index in [1.807, 2.05) is 0 Å². The van der Waals surface area contributed by atoms with Crippen LogP contribution in [0.3, 0.4) is 0 Å². The molecule has 0 heteroatoms. The summed E-state index contributed by atoms with van der Waals surface area (Å²) in [6, 6.07) is 0. The van der Waals surface area contributed by atoms with E-state index in [9.17, 15) is 0 Å². The Balaban J connectivity index is 2.09. The average Bonchev–Trinajstić information content (AvgIpc) is 2.17. The van der Waals surface area contributed by atoms with Crippen LogP contribution in [-0.2, 0) is 0 Å². The van der Waals surface area contributed by atoms with Gasteiger partial charge in [-0.3, -0.25) is 0 Å². The molecule has 88 valence electrons. The van der Waals surface area contributed by atoms with E-state index in [1.165, 1.54) is 38.5 Å². The van der Waals surface area contributed by atoms with Crippen LogP contribution < -0.4 is 0 Å². The molecule has 0 amide bonds. The van der Waals surface area contributed by atoms with Gasteiger partial charge in [-0.1, -0.05) is 40.5 Å². The van der Waals surface area contributed by atoms with Gasteiger partial charge in [0.15, 0.2) is 0 Å². The van der Waals surface area contributed by atoms with Crippen molar-refractivity contribution in [1.82, 2.24) is 0 Å². The van der Waals surface area contributed by atoms with Gasteiger partial charge in [0.1, 0.15) is 0 Å². The lowest BCUT2D eigenvalue weighted by molar-refractivity contribution is -0.00939. The second-order valence-electron chi connectivity index (χ2n) is 6.91. The normalized spacial score (nSPS) is 46.6. The van der Waals surface area contributed by atoms with Gasteiger partial charge in [-0.25, -0.2) is 0 Å². The summed E-state index contributed by atoms with van der Waals surface area (Å²) in [5.41, 5.74) is 0.711. The SMILES string of the molecule is CC(C)C1CCC2(C)CCCC(C)C2C1. The fourth-order valence-electron chi connectivity index (χ4n) is 4.29. The van der Waals surface area contributed by atoms with Gasteiger partial charge in [-0.15, -0.1) is 0 Å². The summed E-state index contributed by atoms with van der Waals surface area (Å²) in [5, 5.41) is 0. The molecule has 2 rings (SSSR count). The zero-order chi connectivity index (χ0) is 11.1. The van der Waals surface area contributed by atoms with Crippen molar-refractivity contribution < 1.29 is 0 Å². The molecule has 0 bridgehead atoms. The lowest BCUT2D eigenvalue weighted by Gasteiger charge is -2.51. The third kappa shape index (κ3) is 2.10. The van der Waals surface area contributed by atoms with E-state index >= 15 is 0 Å². The van der Waals surface area contributed by atoms with Gasteiger partial charge in [0, 0.05) is 0 Å². The molecular weight excluding hydrogens is 180 g/mol. The van der Waals surface area contributed by atoms with Gasteiger partial charge in [-0.05, 0) is 54.8 Å². The Bertz CT molecular complexity index is 218. The van der Waals surface area contributed by atoms with Gasteiger partial charge in [-0.2, -0.15) is 0 Å². The van der Waals surface area contributed by atoms with Crippen LogP contribution in [0.1, 0.15) is 66.2 Å². The first-order valence-electron chi connectivity index (χ1n) is 7.03. The Morgan fingerprint density at radius 2 is 1.87 bits per heavy atom. The first-order valence-corrected chi connectivity index (χ1v) is 7.03. The van der Waals surface area contributed by atoms with Crippen molar-refractivity contribution in [2.24, 2.45) is 29.1 Å². The molecule has 0 radical (unpaired) electrons. The molecule has 15 heavy (non-hydrogen) atoms. The molecule has 0 N–H and O–H groups in total. The summed E-state index contributed by atoms with van der Waals surface area (Å²) in [4.78, 5) is 0. The highest BCUT2D eigenvalue weighted by molar-refractivity contribution is 4.94. The van der Waals surface area contributed by atoms with Crippen molar-refractivity contribution in [3.05, 3.63) is 0 Å². The molecule has 0 aromatic carbocycles. The van der Waals surface area contributed by atoms with Crippen molar-refractivity contribution >= 4 is 0 Å². The number of fused-ring (bicyclic) bond motifs is 1. The van der Waals surface area contributed by atoms with E-state index in [0.29, 0.717) is 5.41 Å². The van der Waals surface area contributed by atoms with Crippen LogP contribution in [0.25, 0.3) is 0 Å². The first-order chi connectivity index (χ1) is 7.03. The molecule has 2 aliphatic carbocycles. The summed E-state index contributed by atoms with van der Waals surface area (Å²) in [6.45, 7) is 9.91. The number of hydrogen-bond donors (Lipinski definition) is 0. The van der Waals surface area contributed by atoms with Crippen molar-refractivity contribution in [3.8, 4) is 0 Å². The second kappa shape index (κ2) is 4.11. The highest BCUT2D eigenvalue weighted by Crippen LogP contribution is 2.54. The van der Waals surface area contributed by atoms with E-state index in [4.69, 9.17) is 0 Å². The second-order valence-corrected chi connectivity index (χ2v) is 6.91. The Morgan fingerprint density at radius 3 is 2.53 bits per heavy atom. The fourth-order valence-corrected chi connectivity index (χ4v) is 4.29. The summed E-state index contributed by atoms with van der Waals surface area (Å²) >= 11 is 0. The third-order valence-electron chi connectivity index (χ3n) is 5.58. The van der Waals surface area contributed by atoms with E-state index < -0.39 is 0 Å². The molecule has 0 aromatic heterocycles. The quantitative estimate of drug-likeness (QED) is 0.576. The Kier molecular flexibility index (Phi) is 3.14. The van der Waals surface area contributed by atoms with E-state index in [2.05, 4.69) is 27.7 Å². The van der Waals surface area contributed by atoms with Crippen LogP contribution in [0.4, 0.5) is 0 Å². The molecule has 0 nitrogen and oxygen atoms in total. The van der Waals surface area contributed by atoms with Gasteiger partial charge in [0.2, 0.25) is 0 Å². The lowest BCUT2D eigenvalue weighted by Crippen LogP contribution is -2.41. The van der Waals surface area contributed by atoms with E-state index in [0.717, 1.165) is 23.7 Å². The summed E-state index contributed by atoms with van der Waals surface area (Å²) in [7, 11) is 0. The van der Waals surface area contributed by atoms with Crippen LogP contribution in [0.15, 0.2) is 0 Å². The summed E-state index contributed by atoms with van der Waals surface area (Å²) < 4.78 is 0. The maximum Gasteiger partial charge on any atom is -0.0295 e. The zero-order valence-electron chi connectivity index (χ0n) is 11.1. The van der Waals surface area contributed by atoms with Crippen LogP contribution in [0.2, 0.25) is 0 Å². The van der Waals surface area contributed by atoms with Crippen LogP contribution in [0, 0.1) is 29.1 Å². The van der Waals surface area contributed by atoms with Gasteiger partial charge < -0.3 is 0 Å². The number of rotatable bonds is 1. The maximum absolute atomic E-state index is 2.57. The molecule has 2 saturated carbocycles. The van der Waals surface area contributed by atoms with Crippen LogP contribution >= 0.6 is 0 Å². The van der Waals surface area contributed by atoms with Crippen LogP contribution in [-0.4, -0.2) is 0 Å². The molecule has 4 unspecified atom stereocenters. The van der Waals surface area contributed by atoms with Gasteiger partial charge >= 0.3 is 0 Å². The minimum Gasteiger partial charge on any atom is -0.0625 e. The molecule has 0 aliphatic heterocycles. The Morgan fingerprint density at radius 1 is 1.13 bits per heavy atom. The van der Waals surface area contributed by atoms with Crippen molar-refractivity contribution in [3.63, 3.8) is 0 Å². The smallest absolute Gasteiger partial charge is 0.0295 e. The van der Waals surface area contributed by atoms with Crippen LogP contribution in [0.5, 0.6) is 0 Å². The van der Waals surface area contributed by atoms with E-state index in [1.54, 1.807) is 0 Å². The third-order valence-corrected chi connectivity index (χ3v) is 5.58. The molecule has 0 saturated heterocycles. The monoisotopic (exact) mass is 208 g/mol. The summed E-state index contributed by atoms with van der Waals surface area (Å²) in [5.74, 6) is 3.95. The van der Waals surface area contributed by atoms with Crippen molar-refractivity contribution in [1.29, 1.82) is 0 Å². The molecule has 2 fully saturated rings. The largest absolute Gasteiger partial charge is 0.0625 e. The van der Waals surface area contributed by atoms with Crippen molar-refractivity contribution in [2.45, 2.75) is 66.2 Å². The molecule has 0 heterocycles. The fraction of sp³-hybridized carbons (Fsp3) is 1.00. The average molecular weight is 208 g/mol. The molecule has 2 aliphatic rings. The predicted molar refractivity (Wildman–Crippen MR) is 66.8 cm³/mol. The lowest BCUT2D eigenvalue weighted by atomic mass is 9.54. The highest BCUT2D eigenvalue weighted by atomic mass is 14.5. The first kappa shape index (κ1) is 11.5. The van der Waals surface area contributed by atoms with Crippen molar-refractivity contribution in [2.75, 3.05) is 0 Å². The number of hydrogen-bond acceptors (Lipinski definition) is 0.